The molecule has 1 heterocycles. The van der Waals surface area contributed by atoms with Crippen LogP contribution in [0, 0.1) is 13.8 Å². The summed E-state index contributed by atoms with van der Waals surface area (Å²) in [5, 5.41) is 9.99. The molecule has 3 aromatic rings. The number of carboxylic acid groups (broad SMARTS) is 1. The van der Waals surface area contributed by atoms with Crippen LogP contribution in [0.5, 0.6) is 11.5 Å². The van der Waals surface area contributed by atoms with E-state index in [-0.39, 0.29) is 0 Å². The summed E-state index contributed by atoms with van der Waals surface area (Å²) >= 11 is 1.45. The molecule has 0 aliphatic heterocycles. The maximum atomic E-state index is 13.0. The van der Waals surface area contributed by atoms with Crippen LogP contribution >= 0.6 is 11.3 Å². The topological polar surface area (TPSA) is 68.7 Å². The monoisotopic (exact) mass is 543 g/mol. The van der Waals surface area contributed by atoms with Gasteiger partial charge >= 0.3 is 12.1 Å². The number of carboxylic acids is 1. The lowest BCUT2D eigenvalue weighted by Gasteiger charge is -2.31. The first-order chi connectivity index (χ1) is 17.8. The SMILES string of the molecule is Cc1cc(OCC2(c3sc(-c4ccc(C(F)(F)F)cc4)nc3C)C=CC=CC2)ccc1OC(C)(C)C(=O)O. The third kappa shape index (κ3) is 5.78. The van der Waals surface area contributed by atoms with Gasteiger partial charge in [0.25, 0.3) is 0 Å². The molecule has 0 saturated heterocycles. The highest BCUT2D eigenvalue weighted by molar-refractivity contribution is 7.15. The van der Waals surface area contributed by atoms with Gasteiger partial charge in [-0.3, -0.25) is 0 Å². The van der Waals surface area contributed by atoms with Crippen molar-refractivity contribution >= 4 is 17.3 Å². The highest BCUT2D eigenvalue weighted by Gasteiger charge is 2.36. The average molecular weight is 544 g/mol. The molecule has 1 atom stereocenters. The minimum absolute atomic E-state index is 0.309. The number of hydrogen-bond donors (Lipinski definition) is 1. The Bertz CT molecular complexity index is 1390. The Balaban J connectivity index is 1.57. The van der Waals surface area contributed by atoms with Crippen LogP contribution < -0.4 is 9.47 Å². The molecule has 0 spiro atoms. The number of benzene rings is 2. The summed E-state index contributed by atoms with van der Waals surface area (Å²) in [6.45, 7) is 7.00. The molecule has 38 heavy (non-hydrogen) atoms. The molecule has 0 saturated carbocycles. The lowest BCUT2D eigenvalue weighted by Crippen LogP contribution is -2.38. The number of hydrogen-bond acceptors (Lipinski definition) is 5. The molecule has 0 fully saturated rings. The number of halogens is 3. The van der Waals surface area contributed by atoms with Gasteiger partial charge in [0.05, 0.1) is 16.7 Å². The fourth-order valence-electron chi connectivity index (χ4n) is 4.15. The van der Waals surface area contributed by atoms with Crippen LogP contribution in [0.3, 0.4) is 0 Å². The first kappa shape index (κ1) is 27.4. The summed E-state index contributed by atoms with van der Waals surface area (Å²) < 4.78 is 50.9. The maximum Gasteiger partial charge on any atom is 0.416 e. The van der Waals surface area contributed by atoms with Gasteiger partial charge in [-0.15, -0.1) is 11.3 Å². The van der Waals surface area contributed by atoms with Crippen molar-refractivity contribution in [2.45, 2.75) is 51.3 Å². The number of rotatable bonds is 8. The van der Waals surface area contributed by atoms with E-state index < -0.39 is 28.7 Å². The molecule has 0 bridgehead atoms. The second kappa shape index (κ2) is 10.3. The zero-order valence-electron chi connectivity index (χ0n) is 21.4. The molecule has 9 heteroatoms. The minimum atomic E-state index is -4.39. The maximum absolute atomic E-state index is 13.0. The van der Waals surface area contributed by atoms with Crippen molar-refractivity contribution in [3.05, 3.63) is 88.5 Å². The van der Waals surface area contributed by atoms with Gasteiger partial charge < -0.3 is 14.6 Å². The molecule has 5 nitrogen and oxygen atoms in total. The summed E-state index contributed by atoms with van der Waals surface area (Å²) in [5.74, 6) is 0.00165. The fourth-order valence-corrected chi connectivity index (χ4v) is 5.38. The van der Waals surface area contributed by atoms with Crippen LogP contribution in [0.15, 0.2) is 66.8 Å². The van der Waals surface area contributed by atoms with E-state index in [1.807, 2.05) is 26.0 Å². The Hall–Kier alpha value is -3.59. The lowest BCUT2D eigenvalue weighted by atomic mass is 9.80. The second-order valence-corrected chi connectivity index (χ2v) is 10.8. The van der Waals surface area contributed by atoms with Gasteiger partial charge in [-0.1, -0.05) is 36.4 Å². The molecule has 0 amide bonds. The van der Waals surface area contributed by atoms with Crippen LogP contribution in [-0.4, -0.2) is 28.3 Å². The fraction of sp³-hybridized carbons (Fsp3) is 0.310. The molecule has 1 aromatic heterocycles. The largest absolute Gasteiger partial charge is 0.492 e. The van der Waals surface area contributed by atoms with Crippen LogP contribution in [-0.2, 0) is 16.4 Å². The van der Waals surface area contributed by atoms with E-state index in [9.17, 15) is 23.1 Å². The van der Waals surface area contributed by atoms with Crippen molar-refractivity contribution in [2.24, 2.45) is 0 Å². The van der Waals surface area contributed by atoms with Crippen molar-refractivity contribution in [1.82, 2.24) is 4.98 Å². The highest BCUT2D eigenvalue weighted by atomic mass is 32.1. The Labute approximate surface area is 223 Å². The summed E-state index contributed by atoms with van der Waals surface area (Å²) in [7, 11) is 0. The second-order valence-electron chi connectivity index (χ2n) is 9.79. The smallest absolute Gasteiger partial charge is 0.416 e. The number of nitrogens with zero attached hydrogens (tertiary/aromatic N) is 1. The molecule has 1 aliphatic carbocycles. The quantitative estimate of drug-likeness (QED) is 0.318. The predicted molar refractivity (Wildman–Crippen MR) is 141 cm³/mol. The first-order valence-corrected chi connectivity index (χ1v) is 12.8. The zero-order valence-corrected chi connectivity index (χ0v) is 22.2. The lowest BCUT2D eigenvalue weighted by molar-refractivity contribution is -0.152. The summed E-state index contributed by atoms with van der Waals surface area (Å²) in [4.78, 5) is 17.1. The summed E-state index contributed by atoms with van der Waals surface area (Å²) in [6.07, 6.45) is 4.33. The number of thiazole rings is 1. The number of aryl methyl sites for hydroxylation is 2. The summed E-state index contributed by atoms with van der Waals surface area (Å²) in [6, 6.07) is 10.3. The number of aromatic nitrogens is 1. The van der Waals surface area contributed by atoms with Crippen molar-refractivity contribution in [3.63, 3.8) is 0 Å². The Morgan fingerprint density at radius 1 is 1.11 bits per heavy atom. The van der Waals surface area contributed by atoms with Gasteiger partial charge in [-0.25, -0.2) is 9.78 Å². The molecule has 200 valence electrons. The molecular weight excluding hydrogens is 515 g/mol. The molecule has 0 radical (unpaired) electrons. The van der Waals surface area contributed by atoms with Crippen LogP contribution in [0.25, 0.3) is 10.6 Å². The Morgan fingerprint density at radius 3 is 2.39 bits per heavy atom. The van der Waals surface area contributed by atoms with E-state index in [0.717, 1.165) is 28.3 Å². The molecule has 1 aliphatic rings. The van der Waals surface area contributed by atoms with Gasteiger partial charge in [0.1, 0.15) is 23.1 Å². The first-order valence-electron chi connectivity index (χ1n) is 12.0. The highest BCUT2D eigenvalue weighted by Crippen LogP contribution is 2.42. The summed E-state index contributed by atoms with van der Waals surface area (Å²) in [5.41, 5.74) is -0.412. The Kier molecular flexibility index (Phi) is 7.43. The number of carbonyl (C=O) groups is 1. The normalized spacial score (nSPS) is 17.4. The van der Waals surface area contributed by atoms with E-state index in [4.69, 9.17) is 9.47 Å². The number of aliphatic carboxylic acids is 1. The van der Waals surface area contributed by atoms with E-state index >= 15 is 0 Å². The van der Waals surface area contributed by atoms with Crippen molar-refractivity contribution < 1.29 is 32.5 Å². The van der Waals surface area contributed by atoms with Gasteiger partial charge in [0.15, 0.2) is 5.60 Å². The van der Waals surface area contributed by atoms with Crippen LogP contribution in [0.1, 0.15) is 42.0 Å². The van der Waals surface area contributed by atoms with Gasteiger partial charge in [-0.05, 0) is 70.0 Å². The van der Waals surface area contributed by atoms with Crippen molar-refractivity contribution in [2.75, 3.05) is 6.61 Å². The third-order valence-corrected chi connectivity index (χ3v) is 7.80. The standard InChI is InChI=1S/C29H28F3NO4S/c1-18-16-22(12-13-23(18)37-27(3,4)26(34)35)36-17-28(14-6-5-7-15-28)24-19(2)33-25(38-24)20-8-10-21(11-9-20)29(30,31)32/h5-14,16H,15,17H2,1-4H3,(H,34,35). The van der Waals surface area contributed by atoms with E-state index in [1.165, 1.54) is 37.3 Å². The zero-order chi connectivity index (χ0) is 27.7. The molecule has 1 unspecified atom stereocenters. The van der Waals surface area contributed by atoms with Crippen LogP contribution in [0.4, 0.5) is 13.2 Å². The number of alkyl halides is 3. The minimum Gasteiger partial charge on any atom is -0.492 e. The average Bonchev–Trinajstić information content (AvgIpc) is 3.26. The van der Waals surface area contributed by atoms with E-state index in [0.29, 0.717) is 35.1 Å². The van der Waals surface area contributed by atoms with Gasteiger partial charge in [-0.2, -0.15) is 13.2 Å². The Morgan fingerprint density at radius 2 is 1.82 bits per heavy atom. The predicted octanol–water partition coefficient (Wildman–Crippen LogP) is 7.52. The van der Waals surface area contributed by atoms with Gasteiger partial charge in [0.2, 0.25) is 0 Å². The molecule has 4 rings (SSSR count). The third-order valence-electron chi connectivity index (χ3n) is 6.38. The molecular formula is C29H28F3NO4S. The van der Waals surface area contributed by atoms with E-state index in [2.05, 4.69) is 17.1 Å². The molecule has 1 N–H and O–H groups in total. The molecule has 2 aromatic carbocycles. The van der Waals surface area contributed by atoms with Crippen molar-refractivity contribution in [3.8, 4) is 22.1 Å². The van der Waals surface area contributed by atoms with Crippen molar-refractivity contribution in [1.29, 1.82) is 0 Å². The number of ether oxygens (including phenoxy) is 2. The number of allylic oxidation sites excluding steroid dienone is 3. The van der Waals surface area contributed by atoms with E-state index in [1.54, 1.807) is 18.2 Å². The van der Waals surface area contributed by atoms with Crippen LogP contribution in [0.2, 0.25) is 0 Å². The van der Waals surface area contributed by atoms with Gasteiger partial charge in [0, 0.05) is 10.4 Å².